The Hall–Kier alpha value is -1.41. The molecule has 3 nitrogen and oxygen atoms in total. The van der Waals surface area contributed by atoms with Gasteiger partial charge < -0.3 is 10.2 Å². The van der Waals surface area contributed by atoms with Gasteiger partial charge in [0.05, 0.1) is 0 Å². The van der Waals surface area contributed by atoms with Gasteiger partial charge in [-0.15, -0.1) is 0 Å². The van der Waals surface area contributed by atoms with Crippen molar-refractivity contribution in [1.82, 2.24) is 10.2 Å². The summed E-state index contributed by atoms with van der Waals surface area (Å²) in [5.74, 6) is -9.42. The molecule has 2 saturated heterocycles. The molecule has 0 aliphatic carbocycles. The number of nitrogens with one attached hydrogen (secondary N) is 1. The molecule has 0 atom stereocenters. The number of benzene rings is 1. The van der Waals surface area contributed by atoms with E-state index in [2.05, 4.69) is 10.2 Å². The monoisotopic (exact) mass is 307 g/mol. The van der Waals surface area contributed by atoms with Gasteiger partial charge in [-0.2, -0.15) is 0 Å². The summed E-state index contributed by atoms with van der Waals surface area (Å²) in [7, 11) is 0. The molecule has 2 fully saturated rings. The smallest absolute Gasteiger partial charge is 0.200 e. The zero-order valence-electron chi connectivity index (χ0n) is 11.1. The minimum Gasteiger partial charge on any atom is -0.363 e. The highest BCUT2D eigenvalue weighted by atomic mass is 19.2. The standard InChI is InChI=1S/C13H14F5N3/c14-8-9(15)11(17)13(12(18)10(8)16)21-5-7(6-21)20-3-1-19-2-4-20/h7,19H,1-6H2. The van der Waals surface area contributed by atoms with E-state index in [-0.39, 0.29) is 19.1 Å². The van der Waals surface area contributed by atoms with E-state index < -0.39 is 34.8 Å². The minimum atomic E-state index is -2.12. The van der Waals surface area contributed by atoms with Crippen molar-refractivity contribution in [3.63, 3.8) is 0 Å². The molecule has 21 heavy (non-hydrogen) atoms. The lowest BCUT2D eigenvalue weighted by atomic mass is 10.0. The minimum absolute atomic E-state index is 0.0853. The maximum Gasteiger partial charge on any atom is 0.200 e. The number of rotatable bonds is 2. The first-order valence-electron chi connectivity index (χ1n) is 6.72. The fourth-order valence-corrected chi connectivity index (χ4v) is 2.79. The molecule has 1 aromatic carbocycles. The van der Waals surface area contributed by atoms with Crippen LogP contribution in [-0.2, 0) is 0 Å². The Labute approximate surface area is 118 Å². The molecule has 0 saturated carbocycles. The third-order valence-electron chi connectivity index (χ3n) is 4.03. The number of halogens is 5. The average molecular weight is 307 g/mol. The van der Waals surface area contributed by atoms with E-state index in [1.165, 1.54) is 4.90 Å². The second-order valence-corrected chi connectivity index (χ2v) is 5.26. The Bertz CT molecular complexity index is 524. The SMILES string of the molecule is Fc1c(F)c(F)c(N2CC(N3CCNCC3)C2)c(F)c1F. The molecule has 0 bridgehead atoms. The van der Waals surface area contributed by atoms with Gasteiger partial charge >= 0.3 is 0 Å². The first-order chi connectivity index (χ1) is 10.0. The summed E-state index contributed by atoms with van der Waals surface area (Å²) in [6.45, 7) is 3.82. The van der Waals surface area contributed by atoms with Crippen LogP contribution >= 0.6 is 0 Å². The van der Waals surface area contributed by atoms with Gasteiger partial charge in [0, 0.05) is 45.3 Å². The molecule has 0 aromatic heterocycles. The summed E-state index contributed by atoms with van der Waals surface area (Å²) in [4.78, 5) is 3.35. The van der Waals surface area contributed by atoms with Crippen LogP contribution < -0.4 is 10.2 Å². The quantitative estimate of drug-likeness (QED) is 0.507. The van der Waals surface area contributed by atoms with Gasteiger partial charge in [0.2, 0.25) is 5.82 Å². The summed E-state index contributed by atoms with van der Waals surface area (Å²) < 4.78 is 66.6. The van der Waals surface area contributed by atoms with Crippen molar-refractivity contribution < 1.29 is 22.0 Å². The Kier molecular flexibility index (Phi) is 3.75. The fraction of sp³-hybridized carbons (Fsp3) is 0.538. The molecule has 2 aliphatic rings. The second-order valence-electron chi connectivity index (χ2n) is 5.26. The predicted molar refractivity (Wildman–Crippen MR) is 66.7 cm³/mol. The predicted octanol–water partition coefficient (Wildman–Crippen LogP) is 1.48. The molecular formula is C13H14F5N3. The van der Waals surface area contributed by atoms with Crippen molar-refractivity contribution in [2.24, 2.45) is 0 Å². The summed E-state index contributed by atoms with van der Waals surface area (Å²) in [5.41, 5.74) is -0.821. The van der Waals surface area contributed by atoms with Crippen LogP contribution in [0.2, 0.25) is 0 Å². The van der Waals surface area contributed by atoms with Crippen LogP contribution in [0.25, 0.3) is 0 Å². The maximum absolute atomic E-state index is 13.7. The maximum atomic E-state index is 13.7. The third-order valence-corrected chi connectivity index (χ3v) is 4.03. The van der Waals surface area contributed by atoms with Crippen molar-refractivity contribution in [2.45, 2.75) is 6.04 Å². The van der Waals surface area contributed by atoms with E-state index in [0.717, 1.165) is 26.2 Å². The molecule has 2 aliphatic heterocycles. The van der Waals surface area contributed by atoms with Crippen LogP contribution in [0.5, 0.6) is 0 Å². The van der Waals surface area contributed by atoms with E-state index in [1.807, 2.05) is 0 Å². The van der Waals surface area contributed by atoms with Crippen molar-refractivity contribution >= 4 is 5.69 Å². The van der Waals surface area contributed by atoms with E-state index in [4.69, 9.17) is 0 Å². The van der Waals surface area contributed by atoms with Crippen LogP contribution in [0.3, 0.4) is 0 Å². The van der Waals surface area contributed by atoms with Gasteiger partial charge in [-0.1, -0.05) is 0 Å². The lowest BCUT2D eigenvalue weighted by Gasteiger charge is -2.47. The summed E-state index contributed by atoms with van der Waals surface area (Å²) >= 11 is 0. The molecule has 116 valence electrons. The van der Waals surface area contributed by atoms with Crippen LogP contribution in [0.1, 0.15) is 0 Å². The number of anilines is 1. The van der Waals surface area contributed by atoms with Gasteiger partial charge in [-0.3, -0.25) is 4.90 Å². The first-order valence-corrected chi connectivity index (χ1v) is 6.72. The summed E-state index contributed by atoms with van der Waals surface area (Å²) in [6.07, 6.45) is 0. The highest BCUT2D eigenvalue weighted by Gasteiger charge is 2.38. The molecular weight excluding hydrogens is 293 g/mol. The topological polar surface area (TPSA) is 18.5 Å². The highest BCUT2D eigenvalue weighted by molar-refractivity contribution is 5.53. The van der Waals surface area contributed by atoms with Gasteiger partial charge in [-0.25, -0.2) is 22.0 Å². The normalized spacial score (nSPS) is 20.7. The second kappa shape index (κ2) is 5.42. The Morgan fingerprint density at radius 3 is 1.76 bits per heavy atom. The van der Waals surface area contributed by atoms with Crippen molar-refractivity contribution in [2.75, 3.05) is 44.2 Å². The Morgan fingerprint density at radius 2 is 1.24 bits per heavy atom. The average Bonchev–Trinajstić information content (AvgIpc) is 2.46. The Morgan fingerprint density at radius 1 is 0.762 bits per heavy atom. The molecule has 0 spiro atoms. The lowest BCUT2D eigenvalue weighted by molar-refractivity contribution is 0.146. The van der Waals surface area contributed by atoms with Crippen molar-refractivity contribution in [1.29, 1.82) is 0 Å². The van der Waals surface area contributed by atoms with Crippen molar-refractivity contribution in [3.05, 3.63) is 29.1 Å². The van der Waals surface area contributed by atoms with E-state index in [1.54, 1.807) is 0 Å². The van der Waals surface area contributed by atoms with Crippen LogP contribution in [0, 0.1) is 29.1 Å². The van der Waals surface area contributed by atoms with Crippen LogP contribution in [0.4, 0.5) is 27.6 Å². The fourth-order valence-electron chi connectivity index (χ4n) is 2.79. The zero-order valence-corrected chi connectivity index (χ0v) is 11.1. The van der Waals surface area contributed by atoms with E-state index in [0.29, 0.717) is 0 Å². The largest absolute Gasteiger partial charge is 0.363 e. The van der Waals surface area contributed by atoms with Gasteiger partial charge in [-0.05, 0) is 0 Å². The molecule has 8 heteroatoms. The summed E-state index contributed by atoms with van der Waals surface area (Å²) in [6, 6.07) is 0.0853. The lowest BCUT2D eigenvalue weighted by Crippen LogP contribution is -2.63. The molecule has 0 unspecified atom stereocenters. The number of hydrogen-bond acceptors (Lipinski definition) is 3. The molecule has 0 amide bonds. The number of piperazine rings is 1. The first kappa shape index (κ1) is 14.5. The van der Waals surface area contributed by atoms with Crippen LogP contribution in [-0.4, -0.2) is 50.2 Å². The molecule has 1 N–H and O–H groups in total. The van der Waals surface area contributed by atoms with Gasteiger partial charge in [0.25, 0.3) is 0 Å². The van der Waals surface area contributed by atoms with Gasteiger partial charge in [0.1, 0.15) is 5.69 Å². The third kappa shape index (κ3) is 2.36. The number of hydrogen-bond donors (Lipinski definition) is 1. The van der Waals surface area contributed by atoms with Gasteiger partial charge in [0.15, 0.2) is 23.3 Å². The van der Waals surface area contributed by atoms with Crippen LogP contribution in [0.15, 0.2) is 0 Å². The molecule has 2 heterocycles. The molecule has 0 radical (unpaired) electrons. The number of nitrogens with zero attached hydrogens (tertiary/aromatic N) is 2. The highest BCUT2D eigenvalue weighted by Crippen LogP contribution is 2.33. The van der Waals surface area contributed by atoms with Crippen molar-refractivity contribution in [3.8, 4) is 0 Å². The molecule has 3 rings (SSSR count). The zero-order chi connectivity index (χ0) is 15.1. The summed E-state index contributed by atoms with van der Waals surface area (Å²) in [5, 5.41) is 3.18. The molecule has 1 aromatic rings. The Balaban J connectivity index is 1.78. The van der Waals surface area contributed by atoms with E-state index >= 15 is 0 Å². The van der Waals surface area contributed by atoms with E-state index in [9.17, 15) is 22.0 Å².